The Morgan fingerprint density at radius 2 is 1.38 bits per heavy atom. The fourth-order valence-corrected chi connectivity index (χ4v) is 5.80. The lowest BCUT2D eigenvalue weighted by atomic mass is 10.2. The summed E-state index contributed by atoms with van der Waals surface area (Å²) in [7, 11) is -3.45. The molecular formula is C25H31N3O3S. The highest BCUT2D eigenvalue weighted by Gasteiger charge is 2.25. The fraction of sp³-hybridized carbons (Fsp3) is 0.400. The summed E-state index contributed by atoms with van der Waals surface area (Å²) in [5.41, 5.74) is 2.00. The second-order valence-corrected chi connectivity index (χ2v) is 10.3. The molecular weight excluding hydrogens is 422 g/mol. The van der Waals surface area contributed by atoms with E-state index in [-0.39, 0.29) is 5.91 Å². The van der Waals surface area contributed by atoms with E-state index in [1.54, 1.807) is 40.7 Å². The number of nitrogens with zero attached hydrogens (tertiary/aromatic N) is 3. The molecule has 32 heavy (non-hydrogen) atoms. The lowest BCUT2D eigenvalue weighted by Gasteiger charge is -2.35. The minimum absolute atomic E-state index is 0.0148. The molecule has 1 amide bonds. The molecule has 0 bridgehead atoms. The van der Waals surface area contributed by atoms with Crippen molar-refractivity contribution < 1.29 is 13.2 Å². The lowest BCUT2D eigenvalue weighted by Crippen LogP contribution is -2.48. The molecule has 2 fully saturated rings. The normalized spacial score (nSPS) is 18.6. The molecule has 2 aromatic rings. The molecule has 2 heterocycles. The summed E-state index contributed by atoms with van der Waals surface area (Å²) in [6.07, 6.45) is 7.35. The molecule has 2 aliphatic heterocycles. The first-order valence-electron chi connectivity index (χ1n) is 11.4. The number of rotatable bonds is 5. The minimum atomic E-state index is -3.45. The van der Waals surface area contributed by atoms with E-state index in [0.29, 0.717) is 31.1 Å². The SMILES string of the molecule is O=C(/C=C/c1ccc(S(=O)(=O)N2CCCCCC2)cc1)N1CCN(c2ccccc2)CC1. The van der Waals surface area contributed by atoms with E-state index in [4.69, 9.17) is 0 Å². The van der Waals surface area contributed by atoms with Crippen LogP contribution in [-0.2, 0) is 14.8 Å². The highest BCUT2D eigenvalue weighted by Crippen LogP contribution is 2.21. The quantitative estimate of drug-likeness (QED) is 0.649. The van der Waals surface area contributed by atoms with E-state index in [1.165, 1.54) is 5.69 Å². The molecule has 0 saturated carbocycles. The number of para-hydroxylation sites is 1. The zero-order valence-electron chi connectivity index (χ0n) is 18.4. The Balaban J connectivity index is 1.33. The van der Waals surface area contributed by atoms with Crippen molar-refractivity contribution in [1.82, 2.24) is 9.21 Å². The zero-order chi connectivity index (χ0) is 22.4. The molecule has 2 aromatic carbocycles. The molecule has 0 radical (unpaired) electrons. The van der Waals surface area contributed by atoms with Crippen molar-refractivity contribution in [3.63, 3.8) is 0 Å². The monoisotopic (exact) mass is 453 g/mol. The van der Waals surface area contributed by atoms with Crippen LogP contribution in [0.5, 0.6) is 0 Å². The number of carbonyl (C=O) groups is 1. The summed E-state index contributed by atoms with van der Waals surface area (Å²) in [6, 6.07) is 17.1. The molecule has 170 valence electrons. The van der Waals surface area contributed by atoms with E-state index in [2.05, 4.69) is 17.0 Å². The summed E-state index contributed by atoms with van der Waals surface area (Å²) < 4.78 is 27.4. The molecule has 0 aliphatic carbocycles. The Bertz CT molecular complexity index is 1020. The van der Waals surface area contributed by atoms with E-state index in [0.717, 1.165) is 44.3 Å². The number of hydrogen-bond donors (Lipinski definition) is 0. The fourth-order valence-electron chi connectivity index (χ4n) is 4.28. The van der Waals surface area contributed by atoms with Crippen LogP contribution in [0.4, 0.5) is 5.69 Å². The molecule has 0 unspecified atom stereocenters. The average Bonchev–Trinajstić information content (AvgIpc) is 3.14. The topological polar surface area (TPSA) is 60.9 Å². The Morgan fingerprint density at radius 3 is 2.00 bits per heavy atom. The number of hydrogen-bond acceptors (Lipinski definition) is 4. The molecule has 2 aliphatic rings. The van der Waals surface area contributed by atoms with Crippen molar-refractivity contribution in [3.8, 4) is 0 Å². The minimum Gasteiger partial charge on any atom is -0.368 e. The van der Waals surface area contributed by atoms with Crippen molar-refractivity contribution in [2.75, 3.05) is 44.2 Å². The largest absolute Gasteiger partial charge is 0.368 e. The van der Waals surface area contributed by atoms with Crippen LogP contribution in [0.25, 0.3) is 6.08 Å². The van der Waals surface area contributed by atoms with Crippen LogP contribution in [0.15, 0.2) is 65.6 Å². The van der Waals surface area contributed by atoms with Crippen LogP contribution in [0.2, 0.25) is 0 Å². The molecule has 2 saturated heterocycles. The average molecular weight is 454 g/mol. The summed E-state index contributed by atoms with van der Waals surface area (Å²) >= 11 is 0. The van der Waals surface area contributed by atoms with Gasteiger partial charge in [-0.25, -0.2) is 8.42 Å². The Kier molecular flexibility index (Phi) is 7.27. The van der Waals surface area contributed by atoms with Gasteiger partial charge >= 0.3 is 0 Å². The Labute approximate surface area is 191 Å². The highest BCUT2D eigenvalue weighted by atomic mass is 32.2. The highest BCUT2D eigenvalue weighted by molar-refractivity contribution is 7.89. The van der Waals surface area contributed by atoms with Crippen LogP contribution in [-0.4, -0.2) is 62.8 Å². The second-order valence-electron chi connectivity index (χ2n) is 8.37. The first-order valence-corrected chi connectivity index (χ1v) is 12.9. The maximum Gasteiger partial charge on any atom is 0.246 e. The van der Waals surface area contributed by atoms with Gasteiger partial charge in [0.15, 0.2) is 0 Å². The van der Waals surface area contributed by atoms with E-state index in [1.807, 2.05) is 23.1 Å². The molecule has 0 spiro atoms. The third-order valence-corrected chi connectivity index (χ3v) is 8.13. The summed E-state index contributed by atoms with van der Waals surface area (Å²) in [6.45, 7) is 4.18. The first kappa shape index (κ1) is 22.6. The van der Waals surface area contributed by atoms with Gasteiger partial charge in [-0.15, -0.1) is 0 Å². The van der Waals surface area contributed by atoms with Gasteiger partial charge in [0.05, 0.1) is 4.90 Å². The maximum absolute atomic E-state index is 12.9. The van der Waals surface area contributed by atoms with Crippen LogP contribution in [0.1, 0.15) is 31.2 Å². The summed E-state index contributed by atoms with van der Waals surface area (Å²) in [4.78, 5) is 17.1. The van der Waals surface area contributed by atoms with E-state index < -0.39 is 10.0 Å². The maximum atomic E-state index is 12.9. The van der Waals surface area contributed by atoms with Gasteiger partial charge in [-0.2, -0.15) is 4.31 Å². The van der Waals surface area contributed by atoms with E-state index >= 15 is 0 Å². The van der Waals surface area contributed by atoms with Crippen molar-refractivity contribution in [1.29, 1.82) is 0 Å². The van der Waals surface area contributed by atoms with Crippen molar-refractivity contribution in [3.05, 3.63) is 66.2 Å². The number of piperazine rings is 1. The number of sulfonamides is 1. The van der Waals surface area contributed by atoms with Gasteiger partial charge in [0, 0.05) is 51.0 Å². The molecule has 0 aromatic heterocycles. The van der Waals surface area contributed by atoms with Gasteiger partial charge < -0.3 is 9.80 Å². The van der Waals surface area contributed by atoms with Gasteiger partial charge in [-0.1, -0.05) is 43.2 Å². The van der Waals surface area contributed by atoms with E-state index in [9.17, 15) is 13.2 Å². The molecule has 6 nitrogen and oxygen atoms in total. The van der Waals surface area contributed by atoms with Crippen molar-refractivity contribution in [2.24, 2.45) is 0 Å². The molecule has 4 rings (SSSR count). The third-order valence-electron chi connectivity index (χ3n) is 6.21. The Morgan fingerprint density at radius 1 is 0.750 bits per heavy atom. The van der Waals surface area contributed by atoms with Crippen LogP contribution in [0, 0.1) is 0 Å². The predicted octanol–water partition coefficient (Wildman–Crippen LogP) is 3.61. The Hall–Kier alpha value is -2.64. The number of anilines is 1. The van der Waals surface area contributed by atoms with Gasteiger partial charge in [0.2, 0.25) is 15.9 Å². The van der Waals surface area contributed by atoms with Gasteiger partial charge in [-0.3, -0.25) is 4.79 Å². The standard InChI is InChI=1S/C25H31N3O3S/c29-25(27-20-18-26(19-21-27)23-8-4-3-5-9-23)15-12-22-10-13-24(14-11-22)32(30,31)28-16-6-1-2-7-17-28/h3-5,8-15H,1-2,6-7,16-21H2/b15-12+. The third kappa shape index (κ3) is 5.40. The lowest BCUT2D eigenvalue weighted by molar-refractivity contribution is -0.126. The van der Waals surface area contributed by atoms with Gasteiger partial charge in [0.1, 0.15) is 0 Å². The van der Waals surface area contributed by atoms with Gasteiger partial charge in [-0.05, 0) is 48.7 Å². The summed E-state index contributed by atoms with van der Waals surface area (Å²) in [5, 5.41) is 0. The van der Waals surface area contributed by atoms with Crippen molar-refractivity contribution >= 4 is 27.7 Å². The zero-order valence-corrected chi connectivity index (χ0v) is 19.2. The molecule has 0 atom stereocenters. The predicted molar refractivity (Wildman–Crippen MR) is 128 cm³/mol. The smallest absolute Gasteiger partial charge is 0.246 e. The second kappa shape index (κ2) is 10.3. The molecule has 7 heteroatoms. The van der Waals surface area contributed by atoms with Gasteiger partial charge in [0.25, 0.3) is 0 Å². The molecule has 0 N–H and O–H groups in total. The first-order chi connectivity index (χ1) is 15.5. The van der Waals surface area contributed by atoms with Crippen LogP contribution in [0.3, 0.4) is 0 Å². The number of carbonyl (C=O) groups excluding carboxylic acids is 1. The van der Waals surface area contributed by atoms with Crippen LogP contribution < -0.4 is 4.90 Å². The van der Waals surface area contributed by atoms with Crippen LogP contribution >= 0.6 is 0 Å². The number of benzene rings is 2. The number of amides is 1. The summed E-state index contributed by atoms with van der Waals surface area (Å²) in [5.74, 6) is -0.0148. The van der Waals surface area contributed by atoms with Crippen molar-refractivity contribution in [2.45, 2.75) is 30.6 Å².